The standard InChI is InChI=1S/C18H21N5O2.HI/c1-19-18(22-13-10-14-4-2-3-5-17(14)22)21-12-11-20-15-6-8-16(9-7-15)23(24)25;/h2-9,20H,10-13H2,1H3,(H,19,21);1H. The van der Waals surface area contributed by atoms with Crippen LogP contribution in [0, 0.1) is 10.1 Å². The summed E-state index contributed by atoms with van der Waals surface area (Å²) in [6, 6.07) is 14.8. The number of aliphatic imine (C=N–C) groups is 1. The molecule has 1 heterocycles. The van der Waals surface area contributed by atoms with Crippen molar-refractivity contribution < 1.29 is 4.92 Å². The molecule has 1 aliphatic rings. The van der Waals surface area contributed by atoms with E-state index in [0.717, 1.165) is 24.6 Å². The molecule has 0 spiro atoms. The Morgan fingerprint density at radius 3 is 2.62 bits per heavy atom. The fourth-order valence-electron chi connectivity index (χ4n) is 2.94. The first-order valence-electron chi connectivity index (χ1n) is 8.23. The highest BCUT2D eigenvalue weighted by molar-refractivity contribution is 14.0. The normalized spacial score (nSPS) is 13.0. The van der Waals surface area contributed by atoms with Crippen LogP contribution in [0.15, 0.2) is 53.5 Å². The summed E-state index contributed by atoms with van der Waals surface area (Å²) < 4.78 is 0. The number of hydrogen-bond acceptors (Lipinski definition) is 4. The van der Waals surface area contributed by atoms with E-state index < -0.39 is 4.92 Å². The predicted octanol–water partition coefficient (Wildman–Crippen LogP) is 3.26. The van der Waals surface area contributed by atoms with Gasteiger partial charge in [-0.15, -0.1) is 24.0 Å². The second kappa shape index (κ2) is 9.37. The van der Waals surface area contributed by atoms with Crippen LogP contribution in [-0.2, 0) is 6.42 Å². The van der Waals surface area contributed by atoms with Crippen molar-refractivity contribution in [3.8, 4) is 0 Å². The summed E-state index contributed by atoms with van der Waals surface area (Å²) in [4.78, 5) is 16.8. The van der Waals surface area contributed by atoms with Gasteiger partial charge in [-0.1, -0.05) is 18.2 Å². The number of non-ortho nitro benzene ring substituents is 1. The molecule has 2 N–H and O–H groups in total. The summed E-state index contributed by atoms with van der Waals surface area (Å²) in [5.74, 6) is 0.857. The molecule has 2 aromatic rings. The van der Waals surface area contributed by atoms with Crippen molar-refractivity contribution in [1.82, 2.24) is 5.32 Å². The van der Waals surface area contributed by atoms with Crippen molar-refractivity contribution in [3.63, 3.8) is 0 Å². The summed E-state index contributed by atoms with van der Waals surface area (Å²) in [5, 5.41) is 17.3. The van der Waals surface area contributed by atoms with Gasteiger partial charge in [0.25, 0.3) is 5.69 Å². The lowest BCUT2D eigenvalue weighted by Gasteiger charge is -2.22. The minimum Gasteiger partial charge on any atom is -0.383 e. The van der Waals surface area contributed by atoms with Crippen LogP contribution < -0.4 is 15.5 Å². The average molecular weight is 467 g/mol. The summed E-state index contributed by atoms with van der Waals surface area (Å²) in [6.07, 6.45) is 1.03. The van der Waals surface area contributed by atoms with Gasteiger partial charge >= 0.3 is 0 Å². The fourth-order valence-corrected chi connectivity index (χ4v) is 2.94. The average Bonchev–Trinajstić information content (AvgIpc) is 3.06. The van der Waals surface area contributed by atoms with Gasteiger partial charge in [-0.2, -0.15) is 0 Å². The largest absolute Gasteiger partial charge is 0.383 e. The Labute approximate surface area is 169 Å². The molecule has 0 atom stereocenters. The molecule has 26 heavy (non-hydrogen) atoms. The third kappa shape index (κ3) is 4.63. The second-order valence-electron chi connectivity index (χ2n) is 5.74. The van der Waals surface area contributed by atoms with Crippen LogP contribution in [0.1, 0.15) is 5.56 Å². The number of anilines is 2. The van der Waals surface area contributed by atoms with E-state index in [1.54, 1.807) is 19.2 Å². The number of para-hydroxylation sites is 1. The van der Waals surface area contributed by atoms with Crippen molar-refractivity contribution in [2.24, 2.45) is 4.99 Å². The van der Waals surface area contributed by atoms with Crippen molar-refractivity contribution >= 4 is 47.0 Å². The van der Waals surface area contributed by atoms with E-state index in [1.165, 1.54) is 23.4 Å². The third-order valence-corrected chi connectivity index (χ3v) is 4.17. The topological polar surface area (TPSA) is 82.8 Å². The number of rotatable bonds is 5. The van der Waals surface area contributed by atoms with E-state index in [-0.39, 0.29) is 29.7 Å². The highest BCUT2D eigenvalue weighted by atomic mass is 127. The highest BCUT2D eigenvalue weighted by Crippen LogP contribution is 2.27. The number of nitrogens with zero attached hydrogens (tertiary/aromatic N) is 3. The highest BCUT2D eigenvalue weighted by Gasteiger charge is 2.21. The smallest absolute Gasteiger partial charge is 0.269 e. The molecule has 2 aromatic carbocycles. The first-order valence-corrected chi connectivity index (χ1v) is 8.23. The second-order valence-corrected chi connectivity index (χ2v) is 5.74. The van der Waals surface area contributed by atoms with E-state index in [9.17, 15) is 10.1 Å². The Bertz CT molecular complexity index is 779. The van der Waals surface area contributed by atoms with E-state index >= 15 is 0 Å². The molecule has 0 fully saturated rings. The van der Waals surface area contributed by atoms with Gasteiger partial charge in [-0.3, -0.25) is 15.1 Å². The summed E-state index contributed by atoms with van der Waals surface area (Å²) in [5.41, 5.74) is 3.50. The van der Waals surface area contributed by atoms with Crippen molar-refractivity contribution in [2.75, 3.05) is 36.9 Å². The Hall–Kier alpha value is -2.36. The zero-order valence-electron chi connectivity index (χ0n) is 14.5. The molecule has 0 amide bonds. The molecule has 0 radical (unpaired) electrons. The van der Waals surface area contributed by atoms with Crippen LogP contribution in [0.4, 0.5) is 17.1 Å². The van der Waals surface area contributed by atoms with Gasteiger partial charge in [-0.05, 0) is 30.2 Å². The molecular formula is C18H22IN5O2. The quantitative estimate of drug-likeness (QED) is 0.176. The van der Waals surface area contributed by atoms with Crippen LogP contribution in [0.5, 0.6) is 0 Å². The number of fused-ring (bicyclic) bond motifs is 1. The number of nitrogens with one attached hydrogen (secondary N) is 2. The summed E-state index contributed by atoms with van der Waals surface area (Å²) in [7, 11) is 1.78. The first kappa shape index (κ1) is 20.0. The lowest BCUT2D eigenvalue weighted by atomic mass is 10.2. The van der Waals surface area contributed by atoms with Gasteiger partial charge in [0.1, 0.15) is 0 Å². The molecule has 1 aliphatic heterocycles. The lowest BCUT2D eigenvalue weighted by molar-refractivity contribution is -0.384. The van der Waals surface area contributed by atoms with E-state index in [4.69, 9.17) is 0 Å². The van der Waals surface area contributed by atoms with Crippen molar-refractivity contribution in [2.45, 2.75) is 6.42 Å². The maximum Gasteiger partial charge on any atom is 0.269 e. The molecule has 7 nitrogen and oxygen atoms in total. The van der Waals surface area contributed by atoms with Gasteiger partial charge < -0.3 is 15.5 Å². The molecule has 0 aliphatic carbocycles. The molecular weight excluding hydrogens is 445 g/mol. The molecule has 0 saturated heterocycles. The SMILES string of the molecule is CN=C(NCCNc1ccc([N+](=O)[O-])cc1)N1CCc2ccccc21.I. The van der Waals surface area contributed by atoms with Crippen LogP contribution in [-0.4, -0.2) is 37.6 Å². The minimum absolute atomic E-state index is 0. The third-order valence-electron chi connectivity index (χ3n) is 4.17. The molecule has 0 aromatic heterocycles. The van der Waals surface area contributed by atoms with Crippen LogP contribution >= 0.6 is 24.0 Å². The Morgan fingerprint density at radius 2 is 1.92 bits per heavy atom. The minimum atomic E-state index is -0.400. The Kier molecular flexibility index (Phi) is 7.19. The van der Waals surface area contributed by atoms with E-state index in [0.29, 0.717) is 13.1 Å². The van der Waals surface area contributed by atoms with E-state index in [1.807, 2.05) is 6.07 Å². The zero-order chi connectivity index (χ0) is 17.6. The Balaban J connectivity index is 0.00000243. The number of benzene rings is 2. The molecule has 0 unspecified atom stereocenters. The number of hydrogen-bond donors (Lipinski definition) is 2. The lowest BCUT2D eigenvalue weighted by Crippen LogP contribution is -2.42. The molecule has 0 bridgehead atoms. The number of nitro groups is 1. The van der Waals surface area contributed by atoms with E-state index in [2.05, 4.69) is 38.7 Å². The molecule has 3 rings (SSSR count). The van der Waals surface area contributed by atoms with Crippen LogP contribution in [0.25, 0.3) is 0 Å². The predicted molar refractivity (Wildman–Crippen MR) is 116 cm³/mol. The number of nitro benzene ring substituents is 1. The van der Waals surface area contributed by atoms with Gasteiger partial charge in [0.2, 0.25) is 0 Å². The van der Waals surface area contributed by atoms with Gasteiger partial charge in [-0.25, -0.2) is 0 Å². The fraction of sp³-hybridized carbons (Fsp3) is 0.278. The molecule has 0 saturated carbocycles. The molecule has 138 valence electrons. The van der Waals surface area contributed by atoms with Crippen LogP contribution in [0.2, 0.25) is 0 Å². The first-order chi connectivity index (χ1) is 12.2. The summed E-state index contributed by atoms with van der Waals surface area (Å²) >= 11 is 0. The van der Waals surface area contributed by atoms with Crippen LogP contribution in [0.3, 0.4) is 0 Å². The molecule has 8 heteroatoms. The van der Waals surface area contributed by atoms with Gasteiger partial charge in [0.15, 0.2) is 5.96 Å². The van der Waals surface area contributed by atoms with Gasteiger partial charge in [0, 0.05) is 50.2 Å². The number of halogens is 1. The maximum atomic E-state index is 10.7. The van der Waals surface area contributed by atoms with Gasteiger partial charge in [0.05, 0.1) is 4.92 Å². The monoisotopic (exact) mass is 467 g/mol. The number of guanidine groups is 1. The summed E-state index contributed by atoms with van der Waals surface area (Å²) in [6.45, 7) is 2.31. The van der Waals surface area contributed by atoms with Crippen molar-refractivity contribution in [3.05, 3.63) is 64.2 Å². The maximum absolute atomic E-state index is 10.7. The zero-order valence-corrected chi connectivity index (χ0v) is 16.8. The Morgan fingerprint density at radius 1 is 1.19 bits per heavy atom. The van der Waals surface area contributed by atoms with Crippen molar-refractivity contribution in [1.29, 1.82) is 0 Å².